The maximum atomic E-state index is 14.2. The number of ether oxygens (including phenoxy) is 2. The molecule has 2 bridgehead atoms. The third kappa shape index (κ3) is 13.0. The highest BCUT2D eigenvalue weighted by Crippen LogP contribution is 2.30. The minimum absolute atomic E-state index is 0. The molecule has 0 aromatic heterocycles. The first kappa shape index (κ1) is 43.6. The predicted octanol–water partition coefficient (Wildman–Crippen LogP) is 3.24. The quantitative estimate of drug-likeness (QED) is 0.194. The number of fused-ring (bicyclic) bond motifs is 17. The van der Waals surface area contributed by atoms with Gasteiger partial charge in [-0.1, -0.05) is 68.4 Å². The molecule has 3 aromatic carbocycles. The van der Waals surface area contributed by atoms with Gasteiger partial charge in [-0.2, -0.15) is 0 Å². The van der Waals surface area contributed by atoms with Gasteiger partial charge in [0.2, 0.25) is 29.5 Å². The number of benzene rings is 3. The molecule has 5 amide bonds. The van der Waals surface area contributed by atoms with Gasteiger partial charge < -0.3 is 41.4 Å². The maximum Gasteiger partial charge on any atom is 0.245 e. The van der Waals surface area contributed by atoms with Gasteiger partial charge in [0.05, 0.1) is 19.7 Å². The number of hydrogen-bond acceptors (Lipinski definition) is 8. The zero-order chi connectivity index (χ0) is 39.5. The van der Waals surface area contributed by atoms with Crippen LogP contribution in [0.25, 0.3) is 0 Å². The Morgan fingerprint density at radius 2 is 1.61 bits per heavy atom. The van der Waals surface area contributed by atoms with Gasteiger partial charge in [-0.05, 0) is 79.0 Å². The number of hydrogen-bond donors (Lipinski definition) is 5. The average molecular weight is 791 g/mol. The second kappa shape index (κ2) is 20.7. The first-order valence-electron chi connectivity index (χ1n) is 19.0. The Morgan fingerprint density at radius 1 is 0.929 bits per heavy atom. The minimum Gasteiger partial charge on any atom is -0.497 e. The Kier molecular flexibility index (Phi) is 16.1. The van der Waals surface area contributed by atoms with Gasteiger partial charge in [-0.15, -0.1) is 12.4 Å². The Morgan fingerprint density at radius 3 is 2.23 bits per heavy atom. The van der Waals surface area contributed by atoms with Crippen LogP contribution in [0.5, 0.6) is 11.5 Å². The summed E-state index contributed by atoms with van der Waals surface area (Å²) in [5, 5.41) is 11.5. The van der Waals surface area contributed by atoms with Crippen LogP contribution >= 0.6 is 12.4 Å². The summed E-state index contributed by atoms with van der Waals surface area (Å²) >= 11 is 0. The molecule has 3 aliphatic rings. The number of carbonyl (C=O) groups is 5. The lowest BCUT2D eigenvalue weighted by molar-refractivity contribution is -0.140. The number of rotatable bonds is 10. The molecule has 6 N–H and O–H groups in total. The van der Waals surface area contributed by atoms with Crippen LogP contribution in [0.4, 0.5) is 0 Å². The van der Waals surface area contributed by atoms with Crippen molar-refractivity contribution in [1.82, 2.24) is 26.2 Å². The standard InChI is InChI=1S/C42H54N6O7.ClH/c1-26(2)20-32-25-55-34-18-14-29(15-19-34)22-36(47-41(52)38(43)31-8-6-5-7-9-31)40(51)46-35(21-28-12-16-33(54-4)17-13-28)39(50)44-27(3)42(53)48(23-30-10-11-30)24-37(49)45-32;/h5-9,12-19,26-27,30,32,35-36,38H,10-11,20-25,43H2,1-4H3,(H,44,50)(H,45,49)(H,46,51)(H,47,52);1H/t27-,32+,35+,36+,38-;/m1./s1. The number of nitrogens with zero attached hydrogens (tertiary/aromatic N) is 1. The summed E-state index contributed by atoms with van der Waals surface area (Å²) in [5.41, 5.74) is 8.35. The zero-order valence-electron chi connectivity index (χ0n) is 32.5. The van der Waals surface area contributed by atoms with Gasteiger partial charge in [-0.3, -0.25) is 24.0 Å². The third-order valence-corrected chi connectivity index (χ3v) is 9.79. The molecular weight excluding hydrogens is 736 g/mol. The van der Waals surface area contributed by atoms with Gasteiger partial charge in [0.25, 0.3) is 0 Å². The lowest BCUT2D eigenvalue weighted by Crippen LogP contribution is -2.58. The van der Waals surface area contributed by atoms with Gasteiger partial charge in [0.1, 0.15) is 42.3 Å². The number of carbonyl (C=O) groups excluding carboxylic acids is 5. The lowest BCUT2D eigenvalue weighted by atomic mass is 10.0. The van der Waals surface area contributed by atoms with E-state index in [1.165, 1.54) is 4.90 Å². The third-order valence-electron chi connectivity index (χ3n) is 9.79. The molecule has 14 heteroatoms. The minimum atomic E-state index is -1.14. The average Bonchev–Trinajstić information content (AvgIpc) is 4.00. The number of nitrogens with one attached hydrogen (secondary N) is 4. The Labute approximate surface area is 335 Å². The summed E-state index contributed by atoms with van der Waals surface area (Å²) in [5.74, 6) is -0.756. The summed E-state index contributed by atoms with van der Waals surface area (Å²) in [7, 11) is 1.55. The van der Waals surface area contributed by atoms with Gasteiger partial charge in [-0.25, -0.2) is 0 Å². The molecule has 1 saturated carbocycles. The van der Waals surface area contributed by atoms with Crippen LogP contribution in [0.2, 0.25) is 0 Å². The molecule has 0 saturated heterocycles. The van der Waals surface area contributed by atoms with Crippen LogP contribution in [0.15, 0.2) is 78.9 Å². The van der Waals surface area contributed by atoms with Crippen LogP contribution in [0.1, 0.15) is 62.8 Å². The number of amides is 5. The van der Waals surface area contributed by atoms with Crippen molar-refractivity contribution in [3.8, 4) is 11.5 Å². The van der Waals surface area contributed by atoms with E-state index in [4.69, 9.17) is 15.2 Å². The van der Waals surface area contributed by atoms with E-state index < -0.39 is 47.8 Å². The zero-order valence-corrected chi connectivity index (χ0v) is 33.3. The van der Waals surface area contributed by atoms with Gasteiger partial charge in [0.15, 0.2) is 0 Å². The number of nitrogens with two attached hydrogens (primary N) is 1. The normalized spacial score (nSPS) is 21.8. The van der Waals surface area contributed by atoms with Crippen molar-refractivity contribution < 1.29 is 33.4 Å². The summed E-state index contributed by atoms with van der Waals surface area (Å²) in [6.45, 7) is 6.12. The van der Waals surface area contributed by atoms with Crippen LogP contribution in [0, 0.1) is 11.8 Å². The Balaban J connectivity index is 0.00000696. The van der Waals surface area contributed by atoms with Crippen molar-refractivity contribution in [3.05, 3.63) is 95.6 Å². The number of halogens is 1. The van der Waals surface area contributed by atoms with Gasteiger partial charge in [0, 0.05) is 19.4 Å². The van der Waals surface area contributed by atoms with E-state index in [2.05, 4.69) is 35.1 Å². The first-order valence-corrected chi connectivity index (χ1v) is 19.0. The topological polar surface area (TPSA) is 181 Å². The predicted molar refractivity (Wildman–Crippen MR) is 215 cm³/mol. The van der Waals surface area contributed by atoms with E-state index in [9.17, 15) is 24.0 Å². The van der Waals surface area contributed by atoms with Crippen molar-refractivity contribution in [3.63, 3.8) is 0 Å². The molecule has 0 spiro atoms. The van der Waals surface area contributed by atoms with Crippen LogP contribution in [-0.2, 0) is 36.8 Å². The van der Waals surface area contributed by atoms with Crippen molar-refractivity contribution >= 4 is 41.9 Å². The molecule has 0 radical (unpaired) electrons. The molecule has 13 nitrogen and oxygen atoms in total. The van der Waals surface area contributed by atoms with Crippen LogP contribution in [0.3, 0.4) is 0 Å². The lowest BCUT2D eigenvalue weighted by Gasteiger charge is -2.29. The fraction of sp³-hybridized carbons (Fsp3) is 0.452. The van der Waals surface area contributed by atoms with Crippen molar-refractivity contribution in [1.29, 1.82) is 0 Å². The maximum absolute atomic E-state index is 14.2. The molecule has 0 unspecified atom stereocenters. The Bertz CT molecular complexity index is 1770. The highest BCUT2D eigenvalue weighted by Gasteiger charge is 2.34. The monoisotopic (exact) mass is 790 g/mol. The molecule has 1 fully saturated rings. The molecule has 56 heavy (non-hydrogen) atoms. The highest BCUT2D eigenvalue weighted by atomic mass is 35.5. The summed E-state index contributed by atoms with van der Waals surface area (Å²) in [4.78, 5) is 70.6. The van der Waals surface area contributed by atoms with Crippen LogP contribution < -0.4 is 36.5 Å². The molecular formula is C42H55ClN6O7. The van der Waals surface area contributed by atoms with Crippen molar-refractivity contribution in [2.45, 2.75) is 83.1 Å². The second-order valence-corrected chi connectivity index (χ2v) is 15.0. The van der Waals surface area contributed by atoms with E-state index in [1.54, 1.807) is 86.8 Å². The van der Waals surface area contributed by atoms with E-state index in [-0.39, 0.29) is 62.2 Å². The van der Waals surface area contributed by atoms with Crippen molar-refractivity contribution in [2.75, 3.05) is 26.8 Å². The van der Waals surface area contributed by atoms with Crippen LogP contribution in [-0.4, -0.2) is 85.4 Å². The fourth-order valence-electron chi connectivity index (χ4n) is 6.59. The van der Waals surface area contributed by atoms with E-state index in [0.717, 1.165) is 18.4 Å². The van der Waals surface area contributed by atoms with Gasteiger partial charge >= 0.3 is 0 Å². The SMILES string of the molecule is COc1ccc(C[C@@H]2NC(=O)[C@@H](NC(=O)[C@H](N)c3ccccc3)Cc3ccc(cc3)OC[C@H](CC(C)C)NC(=O)CN(CC3CC3)C(=O)[C@@H](C)NC2=O)cc1.Cl. The summed E-state index contributed by atoms with van der Waals surface area (Å²) in [6.07, 6.45) is 2.72. The first-order chi connectivity index (χ1) is 26.4. The summed E-state index contributed by atoms with van der Waals surface area (Å²) < 4.78 is 11.4. The van der Waals surface area contributed by atoms with E-state index in [1.807, 2.05) is 6.07 Å². The molecule has 302 valence electrons. The largest absolute Gasteiger partial charge is 0.497 e. The highest BCUT2D eigenvalue weighted by molar-refractivity contribution is 5.95. The van der Waals surface area contributed by atoms with E-state index in [0.29, 0.717) is 35.6 Å². The second-order valence-electron chi connectivity index (χ2n) is 15.0. The molecule has 2 heterocycles. The molecule has 1 aliphatic carbocycles. The molecule has 5 atom stereocenters. The van der Waals surface area contributed by atoms with E-state index >= 15 is 0 Å². The van der Waals surface area contributed by atoms with Crippen molar-refractivity contribution in [2.24, 2.45) is 17.6 Å². The Hall–Kier alpha value is -5.14. The fourth-order valence-corrected chi connectivity index (χ4v) is 6.59. The summed E-state index contributed by atoms with van der Waals surface area (Å²) in [6, 6.07) is 18.4. The molecule has 6 rings (SSSR count). The number of methoxy groups -OCH3 is 1. The molecule has 3 aromatic rings. The molecule has 2 aliphatic heterocycles. The smallest absolute Gasteiger partial charge is 0.245 e.